The molecular weight excluding hydrogens is 249 g/mol. The number of hydrogen-bond donors (Lipinski definition) is 2. The maximum Gasteiger partial charge on any atom is 0.260 e. The SMILES string of the molecule is CC(C)n1nccc1NC(=O)c1cc(F)ccc1O. The van der Waals surface area contributed by atoms with Gasteiger partial charge in [-0.15, -0.1) is 0 Å². The lowest BCUT2D eigenvalue weighted by molar-refractivity contribution is 0.102. The summed E-state index contributed by atoms with van der Waals surface area (Å²) in [7, 11) is 0. The van der Waals surface area contributed by atoms with E-state index in [1.165, 1.54) is 0 Å². The Morgan fingerprint density at radius 1 is 1.42 bits per heavy atom. The average molecular weight is 263 g/mol. The summed E-state index contributed by atoms with van der Waals surface area (Å²) < 4.78 is 14.7. The van der Waals surface area contributed by atoms with Gasteiger partial charge in [-0.3, -0.25) is 4.79 Å². The molecule has 0 bridgehead atoms. The third-order valence-electron chi connectivity index (χ3n) is 2.60. The minimum atomic E-state index is -0.584. The first-order chi connectivity index (χ1) is 8.99. The smallest absolute Gasteiger partial charge is 0.260 e. The second-order valence-electron chi connectivity index (χ2n) is 4.37. The van der Waals surface area contributed by atoms with Crippen molar-refractivity contribution >= 4 is 11.7 Å². The summed E-state index contributed by atoms with van der Waals surface area (Å²) in [5, 5.41) is 16.2. The van der Waals surface area contributed by atoms with Crippen LogP contribution in [0, 0.1) is 5.82 Å². The number of phenolic OH excluding ortho intramolecular Hbond substituents is 1. The molecule has 0 radical (unpaired) electrons. The molecule has 0 aliphatic heterocycles. The second-order valence-corrected chi connectivity index (χ2v) is 4.37. The summed E-state index contributed by atoms with van der Waals surface area (Å²) in [6.07, 6.45) is 1.56. The molecule has 0 aliphatic carbocycles. The summed E-state index contributed by atoms with van der Waals surface area (Å²) in [6.45, 7) is 3.84. The fourth-order valence-corrected chi connectivity index (χ4v) is 1.70. The van der Waals surface area contributed by atoms with Crippen LogP contribution in [0.25, 0.3) is 0 Å². The van der Waals surface area contributed by atoms with E-state index in [2.05, 4.69) is 10.4 Å². The average Bonchev–Trinajstić information content (AvgIpc) is 2.80. The first-order valence-electron chi connectivity index (χ1n) is 5.82. The first kappa shape index (κ1) is 13.1. The molecule has 100 valence electrons. The van der Waals surface area contributed by atoms with E-state index in [4.69, 9.17) is 0 Å². The molecule has 1 amide bonds. The van der Waals surface area contributed by atoms with Crippen molar-refractivity contribution in [3.63, 3.8) is 0 Å². The highest BCUT2D eigenvalue weighted by Crippen LogP contribution is 2.20. The highest BCUT2D eigenvalue weighted by atomic mass is 19.1. The van der Waals surface area contributed by atoms with Crippen molar-refractivity contribution in [3.8, 4) is 5.75 Å². The van der Waals surface area contributed by atoms with Crippen molar-refractivity contribution in [2.75, 3.05) is 5.32 Å². The fraction of sp³-hybridized carbons (Fsp3) is 0.231. The molecule has 1 aromatic carbocycles. The lowest BCUT2D eigenvalue weighted by Crippen LogP contribution is -2.17. The van der Waals surface area contributed by atoms with Gasteiger partial charge in [0.2, 0.25) is 0 Å². The number of phenols is 1. The third-order valence-corrected chi connectivity index (χ3v) is 2.60. The van der Waals surface area contributed by atoms with Crippen LogP contribution in [-0.4, -0.2) is 20.8 Å². The number of hydrogen-bond acceptors (Lipinski definition) is 3. The number of benzene rings is 1. The zero-order chi connectivity index (χ0) is 14.0. The Labute approximate surface area is 109 Å². The van der Waals surface area contributed by atoms with Crippen molar-refractivity contribution < 1.29 is 14.3 Å². The van der Waals surface area contributed by atoms with Gasteiger partial charge in [0.15, 0.2) is 0 Å². The standard InChI is InChI=1S/C13H14FN3O2/c1-8(2)17-12(5-6-15-17)16-13(19)10-7-9(14)3-4-11(10)18/h3-8,18H,1-2H3,(H,16,19). The van der Waals surface area contributed by atoms with Crippen molar-refractivity contribution in [1.82, 2.24) is 9.78 Å². The molecule has 2 rings (SSSR count). The predicted molar refractivity (Wildman–Crippen MR) is 68.6 cm³/mol. The molecule has 5 nitrogen and oxygen atoms in total. The maximum atomic E-state index is 13.1. The van der Waals surface area contributed by atoms with Gasteiger partial charge in [0.1, 0.15) is 17.4 Å². The van der Waals surface area contributed by atoms with Crippen LogP contribution >= 0.6 is 0 Å². The van der Waals surface area contributed by atoms with Crippen LogP contribution in [0.2, 0.25) is 0 Å². The number of nitrogens with one attached hydrogen (secondary N) is 1. The molecule has 0 atom stereocenters. The number of aromatic hydroxyl groups is 1. The lowest BCUT2D eigenvalue weighted by atomic mass is 10.2. The highest BCUT2D eigenvalue weighted by molar-refractivity contribution is 6.05. The van der Waals surface area contributed by atoms with E-state index in [-0.39, 0.29) is 17.4 Å². The number of nitrogens with zero attached hydrogens (tertiary/aromatic N) is 2. The zero-order valence-corrected chi connectivity index (χ0v) is 10.6. The molecule has 0 saturated carbocycles. The van der Waals surface area contributed by atoms with Gasteiger partial charge >= 0.3 is 0 Å². The minimum absolute atomic E-state index is 0.0754. The van der Waals surface area contributed by atoms with Crippen LogP contribution in [-0.2, 0) is 0 Å². The Hall–Kier alpha value is -2.37. The van der Waals surface area contributed by atoms with Gasteiger partial charge in [0.25, 0.3) is 5.91 Å². The first-order valence-corrected chi connectivity index (χ1v) is 5.82. The summed E-state index contributed by atoms with van der Waals surface area (Å²) in [6, 6.07) is 4.93. The Bertz CT molecular complexity index is 608. The largest absolute Gasteiger partial charge is 0.507 e. The van der Waals surface area contributed by atoms with Crippen molar-refractivity contribution in [1.29, 1.82) is 0 Å². The van der Waals surface area contributed by atoms with Crippen LogP contribution in [0.15, 0.2) is 30.5 Å². The normalized spacial score (nSPS) is 10.7. The second kappa shape index (κ2) is 5.09. The van der Waals surface area contributed by atoms with Crippen LogP contribution in [0.5, 0.6) is 5.75 Å². The van der Waals surface area contributed by atoms with Crippen LogP contribution < -0.4 is 5.32 Å². The molecule has 0 aliphatic rings. The molecular formula is C13H14FN3O2. The number of anilines is 1. The van der Waals surface area contributed by atoms with Crippen LogP contribution in [0.3, 0.4) is 0 Å². The van der Waals surface area contributed by atoms with E-state index >= 15 is 0 Å². The topological polar surface area (TPSA) is 67.2 Å². The molecule has 0 spiro atoms. The van der Waals surface area contributed by atoms with E-state index in [0.717, 1.165) is 18.2 Å². The van der Waals surface area contributed by atoms with E-state index < -0.39 is 11.7 Å². The van der Waals surface area contributed by atoms with Gasteiger partial charge in [-0.1, -0.05) is 0 Å². The molecule has 19 heavy (non-hydrogen) atoms. The number of aromatic nitrogens is 2. The molecule has 2 aromatic rings. The summed E-state index contributed by atoms with van der Waals surface area (Å²) >= 11 is 0. The van der Waals surface area contributed by atoms with E-state index in [0.29, 0.717) is 5.82 Å². The Kier molecular flexibility index (Phi) is 3.50. The maximum absolute atomic E-state index is 13.1. The number of amides is 1. The van der Waals surface area contributed by atoms with Crippen molar-refractivity contribution in [2.24, 2.45) is 0 Å². The summed E-state index contributed by atoms with van der Waals surface area (Å²) in [5.74, 6) is -0.946. The molecule has 0 fully saturated rings. The summed E-state index contributed by atoms with van der Waals surface area (Å²) in [5.41, 5.74) is -0.114. The Balaban J connectivity index is 2.26. The monoisotopic (exact) mass is 263 g/mol. The lowest BCUT2D eigenvalue weighted by Gasteiger charge is -2.12. The van der Waals surface area contributed by atoms with Gasteiger partial charge in [0, 0.05) is 12.1 Å². The molecule has 1 aromatic heterocycles. The number of carbonyl (C=O) groups excluding carboxylic acids is 1. The zero-order valence-electron chi connectivity index (χ0n) is 10.6. The fourth-order valence-electron chi connectivity index (χ4n) is 1.70. The van der Waals surface area contributed by atoms with Gasteiger partial charge in [-0.25, -0.2) is 9.07 Å². The molecule has 0 unspecified atom stereocenters. The van der Waals surface area contributed by atoms with Gasteiger partial charge < -0.3 is 10.4 Å². The molecule has 6 heteroatoms. The van der Waals surface area contributed by atoms with Crippen LogP contribution in [0.1, 0.15) is 30.2 Å². The van der Waals surface area contributed by atoms with E-state index in [9.17, 15) is 14.3 Å². The highest BCUT2D eigenvalue weighted by Gasteiger charge is 2.15. The number of rotatable bonds is 3. The molecule has 1 heterocycles. The molecule has 0 saturated heterocycles. The van der Waals surface area contributed by atoms with Gasteiger partial charge in [0.05, 0.1) is 11.8 Å². The van der Waals surface area contributed by atoms with Crippen molar-refractivity contribution in [2.45, 2.75) is 19.9 Å². The van der Waals surface area contributed by atoms with Crippen LogP contribution in [0.4, 0.5) is 10.2 Å². The third kappa shape index (κ3) is 2.73. The Morgan fingerprint density at radius 3 is 2.84 bits per heavy atom. The quantitative estimate of drug-likeness (QED) is 0.894. The van der Waals surface area contributed by atoms with Gasteiger partial charge in [-0.2, -0.15) is 5.10 Å². The molecule has 2 N–H and O–H groups in total. The van der Waals surface area contributed by atoms with Gasteiger partial charge in [-0.05, 0) is 32.0 Å². The number of halogens is 1. The predicted octanol–water partition coefficient (Wildman–Crippen LogP) is 2.56. The van der Waals surface area contributed by atoms with E-state index in [1.807, 2.05) is 13.8 Å². The summed E-state index contributed by atoms with van der Waals surface area (Å²) in [4.78, 5) is 12.0. The minimum Gasteiger partial charge on any atom is -0.507 e. The van der Waals surface area contributed by atoms with E-state index in [1.54, 1.807) is 16.9 Å². The number of carbonyl (C=O) groups is 1. The van der Waals surface area contributed by atoms with Crippen molar-refractivity contribution in [3.05, 3.63) is 41.8 Å². The Morgan fingerprint density at radius 2 is 2.16 bits per heavy atom.